The molecule has 2 aromatic carbocycles. The van der Waals surface area contributed by atoms with Gasteiger partial charge in [0.25, 0.3) is 5.91 Å². The SMILES string of the molecule is COc1ccccc1CNC(=O)COC(=O)c1ccc2nc(C)c(C)nc2c1. The predicted molar refractivity (Wildman–Crippen MR) is 104 cm³/mol. The lowest BCUT2D eigenvalue weighted by molar-refractivity contribution is -0.124. The Morgan fingerprint density at radius 3 is 2.46 bits per heavy atom. The minimum Gasteiger partial charge on any atom is -0.496 e. The Labute approximate surface area is 162 Å². The van der Waals surface area contributed by atoms with Crippen molar-refractivity contribution in [2.24, 2.45) is 0 Å². The maximum Gasteiger partial charge on any atom is 0.338 e. The molecule has 3 aromatic rings. The second-order valence-electron chi connectivity index (χ2n) is 6.26. The molecule has 0 atom stereocenters. The number of aryl methyl sites for hydroxylation is 2. The molecule has 7 heteroatoms. The van der Waals surface area contributed by atoms with Gasteiger partial charge in [-0.15, -0.1) is 0 Å². The Hall–Kier alpha value is -3.48. The molecule has 1 aromatic heterocycles. The van der Waals surface area contributed by atoms with Crippen molar-refractivity contribution in [3.63, 3.8) is 0 Å². The Balaban J connectivity index is 1.58. The standard InChI is InChI=1S/C21H21N3O4/c1-13-14(2)24-18-10-15(8-9-17(18)23-13)21(26)28-12-20(25)22-11-16-6-4-5-7-19(16)27-3/h4-10H,11-12H2,1-3H3,(H,22,25). The van der Waals surface area contributed by atoms with Gasteiger partial charge in [0, 0.05) is 12.1 Å². The molecule has 0 radical (unpaired) electrons. The largest absolute Gasteiger partial charge is 0.496 e. The zero-order valence-electron chi connectivity index (χ0n) is 16.0. The van der Waals surface area contributed by atoms with E-state index in [4.69, 9.17) is 9.47 Å². The number of carbonyl (C=O) groups excluding carboxylic acids is 2. The number of carbonyl (C=O) groups is 2. The van der Waals surface area contributed by atoms with Gasteiger partial charge in [-0.2, -0.15) is 0 Å². The summed E-state index contributed by atoms with van der Waals surface area (Å²) in [6.45, 7) is 3.65. The van der Waals surface area contributed by atoms with Crippen LogP contribution in [-0.4, -0.2) is 35.6 Å². The molecule has 1 heterocycles. The molecule has 0 saturated carbocycles. The Morgan fingerprint density at radius 1 is 1.00 bits per heavy atom. The Morgan fingerprint density at radius 2 is 1.71 bits per heavy atom. The number of nitrogens with one attached hydrogen (secondary N) is 1. The molecule has 1 amide bonds. The highest BCUT2D eigenvalue weighted by atomic mass is 16.5. The number of amides is 1. The molecule has 144 valence electrons. The molecule has 3 rings (SSSR count). The van der Waals surface area contributed by atoms with E-state index in [9.17, 15) is 9.59 Å². The monoisotopic (exact) mass is 379 g/mol. The van der Waals surface area contributed by atoms with Crippen LogP contribution >= 0.6 is 0 Å². The number of methoxy groups -OCH3 is 1. The van der Waals surface area contributed by atoms with Crippen molar-refractivity contribution in [3.05, 3.63) is 65.0 Å². The van der Waals surface area contributed by atoms with Crippen LogP contribution in [0.2, 0.25) is 0 Å². The van der Waals surface area contributed by atoms with Gasteiger partial charge < -0.3 is 14.8 Å². The molecular weight excluding hydrogens is 358 g/mol. The number of hydrogen-bond donors (Lipinski definition) is 1. The predicted octanol–water partition coefficient (Wildman–Crippen LogP) is 2.73. The number of para-hydroxylation sites is 1. The van der Waals surface area contributed by atoms with Crippen LogP contribution in [0.4, 0.5) is 0 Å². The average molecular weight is 379 g/mol. The van der Waals surface area contributed by atoms with Crippen LogP contribution in [0.5, 0.6) is 5.75 Å². The van der Waals surface area contributed by atoms with Crippen molar-refractivity contribution in [1.29, 1.82) is 0 Å². The molecule has 1 N–H and O–H groups in total. The zero-order valence-corrected chi connectivity index (χ0v) is 16.0. The summed E-state index contributed by atoms with van der Waals surface area (Å²) in [7, 11) is 1.57. The van der Waals surface area contributed by atoms with E-state index < -0.39 is 11.9 Å². The van der Waals surface area contributed by atoms with Gasteiger partial charge >= 0.3 is 5.97 Å². The number of rotatable bonds is 6. The third kappa shape index (κ3) is 4.43. The van der Waals surface area contributed by atoms with Gasteiger partial charge in [-0.3, -0.25) is 4.79 Å². The van der Waals surface area contributed by atoms with Gasteiger partial charge in [-0.1, -0.05) is 18.2 Å². The maximum absolute atomic E-state index is 12.2. The highest BCUT2D eigenvalue weighted by molar-refractivity contribution is 5.94. The van der Waals surface area contributed by atoms with E-state index in [0.29, 0.717) is 22.3 Å². The minimum absolute atomic E-state index is 0.282. The fourth-order valence-electron chi connectivity index (χ4n) is 2.67. The molecule has 0 aliphatic heterocycles. The molecule has 28 heavy (non-hydrogen) atoms. The van der Waals surface area contributed by atoms with Crippen LogP contribution in [-0.2, 0) is 16.1 Å². The van der Waals surface area contributed by atoms with E-state index in [1.807, 2.05) is 38.1 Å². The number of nitrogens with zero attached hydrogens (tertiary/aromatic N) is 2. The van der Waals surface area contributed by atoms with Crippen LogP contribution < -0.4 is 10.1 Å². The van der Waals surface area contributed by atoms with Gasteiger partial charge in [0.05, 0.1) is 35.1 Å². The first-order valence-electron chi connectivity index (χ1n) is 8.78. The normalized spacial score (nSPS) is 10.5. The highest BCUT2D eigenvalue weighted by Crippen LogP contribution is 2.17. The summed E-state index contributed by atoms with van der Waals surface area (Å²) in [6.07, 6.45) is 0. The maximum atomic E-state index is 12.2. The first kappa shape index (κ1) is 19.3. The number of esters is 1. The van der Waals surface area contributed by atoms with E-state index in [1.165, 1.54) is 0 Å². The first-order valence-corrected chi connectivity index (χ1v) is 8.78. The average Bonchev–Trinajstić information content (AvgIpc) is 2.71. The summed E-state index contributed by atoms with van der Waals surface area (Å²) >= 11 is 0. The summed E-state index contributed by atoms with van der Waals surface area (Å²) in [4.78, 5) is 33.1. The quantitative estimate of drug-likeness (QED) is 0.662. The molecule has 7 nitrogen and oxygen atoms in total. The summed E-state index contributed by atoms with van der Waals surface area (Å²) in [5.74, 6) is -0.303. The van der Waals surface area contributed by atoms with Crippen molar-refractivity contribution in [2.45, 2.75) is 20.4 Å². The van der Waals surface area contributed by atoms with E-state index in [0.717, 1.165) is 17.0 Å². The molecule has 0 spiro atoms. The van der Waals surface area contributed by atoms with Crippen LogP contribution in [0.1, 0.15) is 27.3 Å². The number of ether oxygens (including phenoxy) is 2. The van der Waals surface area contributed by atoms with Crippen LogP contribution in [0.15, 0.2) is 42.5 Å². The van der Waals surface area contributed by atoms with Crippen molar-refractivity contribution >= 4 is 22.9 Å². The van der Waals surface area contributed by atoms with E-state index in [-0.39, 0.29) is 13.2 Å². The number of fused-ring (bicyclic) bond motifs is 1. The fraction of sp³-hybridized carbons (Fsp3) is 0.238. The highest BCUT2D eigenvalue weighted by Gasteiger charge is 2.12. The zero-order chi connectivity index (χ0) is 20.1. The Bertz CT molecular complexity index is 1030. The summed E-state index contributed by atoms with van der Waals surface area (Å²) in [5.41, 5.74) is 4.11. The van der Waals surface area contributed by atoms with E-state index in [1.54, 1.807) is 25.3 Å². The summed E-state index contributed by atoms with van der Waals surface area (Å²) in [5, 5.41) is 2.71. The van der Waals surface area contributed by atoms with E-state index >= 15 is 0 Å². The lowest BCUT2D eigenvalue weighted by Crippen LogP contribution is -2.28. The van der Waals surface area contributed by atoms with Gasteiger partial charge in [-0.05, 0) is 38.1 Å². The molecular formula is C21H21N3O4. The van der Waals surface area contributed by atoms with Crippen LogP contribution in [0, 0.1) is 13.8 Å². The van der Waals surface area contributed by atoms with Crippen LogP contribution in [0.3, 0.4) is 0 Å². The third-order valence-electron chi connectivity index (χ3n) is 4.31. The van der Waals surface area contributed by atoms with Crippen molar-refractivity contribution in [2.75, 3.05) is 13.7 Å². The number of aromatic nitrogens is 2. The second kappa shape index (κ2) is 8.47. The van der Waals surface area contributed by atoms with Crippen LogP contribution in [0.25, 0.3) is 11.0 Å². The first-order chi connectivity index (χ1) is 13.5. The topological polar surface area (TPSA) is 90.4 Å². The number of hydrogen-bond acceptors (Lipinski definition) is 6. The summed E-state index contributed by atoms with van der Waals surface area (Å²) < 4.78 is 10.3. The van der Waals surface area contributed by atoms with Crippen molar-refractivity contribution in [1.82, 2.24) is 15.3 Å². The van der Waals surface area contributed by atoms with Crippen molar-refractivity contribution < 1.29 is 19.1 Å². The molecule has 0 aliphatic carbocycles. The lowest BCUT2D eigenvalue weighted by Gasteiger charge is -2.10. The molecule has 0 unspecified atom stereocenters. The second-order valence-corrected chi connectivity index (χ2v) is 6.26. The molecule has 0 fully saturated rings. The molecule has 0 bridgehead atoms. The number of benzene rings is 2. The molecule has 0 saturated heterocycles. The van der Waals surface area contributed by atoms with Gasteiger partial charge in [0.1, 0.15) is 5.75 Å². The van der Waals surface area contributed by atoms with Gasteiger partial charge in [0.2, 0.25) is 0 Å². The van der Waals surface area contributed by atoms with Gasteiger partial charge in [0.15, 0.2) is 6.61 Å². The minimum atomic E-state index is -0.589. The molecule has 0 aliphatic rings. The Kier molecular flexibility index (Phi) is 5.84. The lowest BCUT2D eigenvalue weighted by atomic mass is 10.2. The van der Waals surface area contributed by atoms with E-state index in [2.05, 4.69) is 15.3 Å². The van der Waals surface area contributed by atoms with Crippen molar-refractivity contribution in [3.8, 4) is 5.75 Å². The van der Waals surface area contributed by atoms with Gasteiger partial charge in [-0.25, -0.2) is 14.8 Å². The fourth-order valence-corrected chi connectivity index (χ4v) is 2.67. The third-order valence-corrected chi connectivity index (χ3v) is 4.31. The summed E-state index contributed by atoms with van der Waals surface area (Å²) in [6, 6.07) is 12.3. The smallest absolute Gasteiger partial charge is 0.338 e.